The van der Waals surface area contributed by atoms with Gasteiger partial charge in [-0.3, -0.25) is 0 Å². The van der Waals surface area contributed by atoms with Gasteiger partial charge in [0.2, 0.25) is 0 Å². The number of likely N-dealkylation sites (tertiary alicyclic amines) is 1. The van der Waals surface area contributed by atoms with Crippen LogP contribution in [0.1, 0.15) is 54.2 Å². The van der Waals surface area contributed by atoms with Crippen LogP contribution in [0.2, 0.25) is 0 Å². The van der Waals surface area contributed by atoms with Gasteiger partial charge in [-0.15, -0.1) is 11.3 Å². The molecule has 0 aromatic carbocycles. The Kier molecular flexibility index (Phi) is 3.92. The molecule has 3 nitrogen and oxygen atoms in total. The van der Waals surface area contributed by atoms with Crippen molar-refractivity contribution in [2.75, 3.05) is 13.1 Å². The highest BCUT2D eigenvalue weighted by atomic mass is 32.1. The Morgan fingerprint density at radius 3 is 2.42 bits per heavy atom. The Labute approximate surface area is 120 Å². The number of hydrogen-bond donors (Lipinski definition) is 1. The van der Waals surface area contributed by atoms with E-state index in [1.165, 1.54) is 54.4 Å². The predicted octanol–water partition coefficient (Wildman–Crippen LogP) is 3.04. The first-order valence-electron chi connectivity index (χ1n) is 7.57. The number of nitrogens with one attached hydrogen (secondary N) is 1. The van der Waals surface area contributed by atoms with Crippen LogP contribution in [-0.2, 0) is 0 Å². The molecule has 0 radical (unpaired) electrons. The Balaban J connectivity index is 1.52. The molecule has 19 heavy (non-hydrogen) atoms. The molecule has 1 saturated carbocycles. The summed E-state index contributed by atoms with van der Waals surface area (Å²) in [5, 5.41) is 4.97. The molecule has 2 heterocycles. The van der Waals surface area contributed by atoms with Crippen LogP contribution >= 0.6 is 11.3 Å². The molecule has 3 rings (SSSR count). The Hall–Kier alpha value is -0.450. The molecule has 1 aliphatic heterocycles. The van der Waals surface area contributed by atoms with E-state index in [9.17, 15) is 0 Å². The Morgan fingerprint density at radius 1 is 1.21 bits per heavy atom. The molecule has 1 aliphatic carbocycles. The highest BCUT2D eigenvalue weighted by Crippen LogP contribution is 2.30. The molecule has 1 N–H and O–H groups in total. The molecule has 2 fully saturated rings. The van der Waals surface area contributed by atoms with E-state index in [2.05, 4.69) is 36.0 Å². The molecule has 106 valence electrons. The average Bonchev–Trinajstić information content (AvgIpc) is 3.16. The van der Waals surface area contributed by atoms with Crippen molar-refractivity contribution in [1.29, 1.82) is 0 Å². The van der Waals surface area contributed by atoms with Crippen molar-refractivity contribution in [2.45, 2.75) is 64.6 Å². The minimum atomic E-state index is 0.391. The molecule has 1 aromatic heterocycles. The summed E-state index contributed by atoms with van der Waals surface area (Å²) in [4.78, 5) is 8.72. The van der Waals surface area contributed by atoms with Crippen molar-refractivity contribution in [1.82, 2.24) is 15.2 Å². The van der Waals surface area contributed by atoms with Crippen LogP contribution in [0.3, 0.4) is 0 Å². The summed E-state index contributed by atoms with van der Waals surface area (Å²) < 4.78 is 0. The van der Waals surface area contributed by atoms with Gasteiger partial charge in [0.15, 0.2) is 0 Å². The number of aryl methyl sites for hydroxylation is 2. The number of rotatable bonds is 4. The average molecular weight is 279 g/mol. The second kappa shape index (κ2) is 5.51. The monoisotopic (exact) mass is 279 g/mol. The zero-order valence-corrected chi connectivity index (χ0v) is 13.1. The molecule has 1 atom stereocenters. The normalized spacial score (nSPS) is 23.7. The van der Waals surface area contributed by atoms with Crippen LogP contribution in [0.15, 0.2) is 0 Å². The van der Waals surface area contributed by atoms with Crippen molar-refractivity contribution in [3.05, 3.63) is 15.6 Å². The first kappa shape index (κ1) is 13.5. The fourth-order valence-electron chi connectivity index (χ4n) is 3.25. The molecular weight excluding hydrogens is 254 g/mol. The molecule has 1 saturated heterocycles. The van der Waals surface area contributed by atoms with Gasteiger partial charge in [-0.2, -0.15) is 0 Å². The number of hydrogen-bond acceptors (Lipinski definition) is 4. The number of thiazole rings is 1. The number of piperidine rings is 1. The van der Waals surface area contributed by atoms with Gasteiger partial charge in [-0.1, -0.05) is 0 Å². The minimum Gasteiger partial charge on any atom is -0.306 e. The fraction of sp³-hybridized carbons (Fsp3) is 0.800. The third-order valence-electron chi connectivity index (χ3n) is 4.43. The van der Waals surface area contributed by atoms with Crippen molar-refractivity contribution in [3.8, 4) is 0 Å². The third kappa shape index (κ3) is 3.18. The van der Waals surface area contributed by atoms with Gasteiger partial charge < -0.3 is 10.2 Å². The maximum Gasteiger partial charge on any atom is 0.0900 e. The summed E-state index contributed by atoms with van der Waals surface area (Å²) in [7, 11) is 0. The molecule has 1 aromatic rings. The quantitative estimate of drug-likeness (QED) is 0.918. The van der Waals surface area contributed by atoms with Crippen molar-refractivity contribution in [3.63, 3.8) is 0 Å². The first-order chi connectivity index (χ1) is 9.13. The van der Waals surface area contributed by atoms with Crippen molar-refractivity contribution < 1.29 is 0 Å². The van der Waals surface area contributed by atoms with Gasteiger partial charge in [0, 0.05) is 23.0 Å². The van der Waals surface area contributed by atoms with Crippen molar-refractivity contribution in [2.24, 2.45) is 0 Å². The Bertz CT molecular complexity index is 431. The largest absolute Gasteiger partial charge is 0.306 e. The van der Waals surface area contributed by atoms with Gasteiger partial charge in [-0.05, 0) is 59.5 Å². The van der Waals surface area contributed by atoms with E-state index >= 15 is 0 Å². The zero-order chi connectivity index (χ0) is 13.4. The second-order valence-electron chi connectivity index (χ2n) is 6.10. The summed E-state index contributed by atoms with van der Waals surface area (Å²) in [5.74, 6) is 0. The highest BCUT2D eigenvalue weighted by Gasteiger charge is 2.32. The summed E-state index contributed by atoms with van der Waals surface area (Å²) in [6.45, 7) is 9.11. The summed E-state index contributed by atoms with van der Waals surface area (Å²) >= 11 is 1.81. The lowest BCUT2D eigenvalue weighted by Gasteiger charge is -2.33. The topological polar surface area (TPSA) is 28.2 Å². The van der Waals surface area contributed by atoms with E-state index in [1.54, 1.807) is 0 Å². The molecule has 4 heteroatoms. The van der Waals surface area contributed by atoms with Gasteiger partial charge in [0.25, 0.3) is 0 Å². The standard InChI is InChI=1S/C15H25N3S/c1-10(15-11(2)19-12(3)17-15)16-13-6-8-18(9-7-13)14-4-5-14/h10,13-14,16H,4-9H2,1-3H3/t10-/m1/s1. The van der Waals surface area contributed by atoms with Crippen molar-refractivity contribution >= 4 is 11.3 Å². The maximum atomic E-state index is 4.67. The van der Waals surface area contributed by atoms with Crippen LogP contribution < -0.4 is 5.32 Å². The van der Waals surface area contributed by atoms with Gasteiger partial charge in [-0.25, -0.2) is 4.98 Å². The molecule has 0 amide bonds. The lowest BCUT2D eigenvalue weighted by molar-refractivity contribution is 0.184. The van der Waals surface area contributed by atoms with Crippen LogP contribution in [0, 0.1) is 13.8 Å². The maximum absolute atomic E-state index is 4.67. The number of aromatic nitrogens is 1. The van der Waals surface area contributed by atoms with Crippen LogP contribution in [0.4, 0.5) is 0 Å². The van der Waals surface area contributed by atoms with E-state index in [0.29, 0.717) is 12.1 Å². The lowest BCUT2D eigenvalue weighted by atomic mass is 10.0. The van der Waals surface area contributed by atoms with Gasteiger partial charge in [0.05, 0.1) is 10.7 Å². The SMILES string of the molecule is Cc1nc([C@@H](C)NC2CCN(C3CC3)CC2)c(C)s1. The number of nitrogens with zero attached hydrogens (tertiary/aromatic N) is 2. The zero-order valence-electron chi connectivity index (χ0n) is 12.3. The molecule has 0 bridgehead atoms. The summed E-state index contributed by atoms with van der Waals surface area (Å²) in [6, 6.07) is 2.00. The summed E-state index contributed by atoms with van der Waals surface area (Å²) in [6.07, 6.45) is 5.46. The highest BCUT2D eigenvalue weighted by molar-refractivity contribution is 7.11. The van der Waals surface area contributed by atoms with Gasteiger partial charge >= 0.3 is 0 Å². The Morgan fingerprint density at radius 2 is 1.89 bits per heavy atom. The van der Waals surface area contributed by atoms with E-state index in [-0.39, 0.29) is 0 Å². The van der Waals surface area contributed by atoms with Gasteiger partial charge in [0.1, 0.15) is 0 Å². The second-order valence-corrected chi connectivity index (χ2v) is 7.51. The third-order valence-corrected chi connectivity index (χ3v) is 5.33. The van der Waals surface area contributed by atoms with E-state index < -0.39 is 0 Å². The van der Waals surface area contributed by atoms with Crippen LogP contribution in [0.5, 0.6) is 0 Å². The molecule has 2 aliphatic rings. The molecule has 0 spiro atoms. The first-order valence-corrected chi connectivity index (χ1v) is 8.39. The van der Waals surface area contributed by atoms with E-state index in [1.807, 2.05) is 11.3 Å². The summed E-state index contributed by atoms with van der Waals surface area (Å²) in [5.41, 5.74) is 1.26. The lowest BCUT2D eigenvalue weighted by Crippen LogP contribution is -2.44. The van der Waals surface area contributed by atoms with Crippen LogP contribution in [0.25, 0.3) is 0 Å². The van der Waals surface area contributed by atoms with Crippen LogP contribution in [-0.4, -0.2) is 35.1 Å². The smallest absolute Gasteiger partial charge is 0.0900 e. The minimum absolute atomic E-state index is 0.391. The van der Waals surface area contributed by atoms with E-state index in [4.69, 9.17) is 0 Å². The van der Waals surface area contributed by atoms with E-state index in [0.717, 1.165) is 6.04 Å². The molecular formula is C15H25N3S. The predicted molar refractivity (Wildman–Crippen MR) is 80.8 cm³/mol. The molecule has 0 unspecified atom stereocenters. The fourth-order valence-corrected chi connectivity index (χ4v) is 4.16.